The van der Waals surface area contributed by atoms with E-state index in [-0.39, 0.29) is 0 Å². The molecule has 0 aromatic rings. The smallest absolute Gasteiger partial charge is 0.0673 e. The molecule has 80 valence electrons. The third-order valence-electron chi connectivity index (χ3n) is 3.86. The molecule has 1 nitrogen and oxygen atoms in total. The van der Waals surface area contributed by atoms with Crippen LogP contribution in [-0.2, 0) is 4.74 Å². The molecular formula is C13H22O. The van der Waals surface area contributed by atoms with Crippen LogP contribution in [0, 0.1) is 5.41 Å². The molecular weight excluding hydrogens is 172 g/mol. The van der Waals surface area contributed by atoms with Crippen molar-refractivity contribution in [3.05, 3.63) is 11.6 Å². The van der Waals surface area contributed by atoms with E-state index in [0.29, 0.717) is 5.41 Å². The molecule has 0 aromatic carbocycles. The monoisotopic (exact) mass is 194 g/mol. The third kappa shape index (κ3) is 2.20. The van der Waals surface area contributed by atoms with Crippen LogP contribution < -0.4 is 0 Å². The van der Waals surface area contributed by atoms with Gasteiger partial charge in [-0.1, -0.05) is 25.3 Å². The summed E-state index contributed by atoms with van der Waals surface area (Å²) in [7, 11) is 1.81. The summed E-state index contributed by atoms with van der Waals surface area (Å²) in [6.07, 6.45) is 13.9. The average molecular weight is 194 g/mol. The Morgan fingerprint density at radius 3 is 2.57 bits per heavy atom. The molecule has 2 aliphatic rings. The number of hydrogen-bond acceptors (Lipinski definition) is 1. The SMILES string of the molecule is COCC1=CC2(CCCCC2)CCC1. The summed E-state index contributed by atoms with van der Waals surface area (Å²) in [6.45, 7) is 0.863. The highest BCUT2D eigenvalue weighted by Crippen LogP contribution is 2.45. The van der Waals surface area contributed by atoms with Crippen LogP contribution in [-0.4, -0.2) is 13.7 Å². The topological polar surface area (TPSA) is 9.23 Å². The van der Waals surface area contributed by atoms with Gasteiger partial charge in [0.2, 0.25) is 0 Å². The second kappa shape index (κ2) is 4.48. The summed E-state index contributed by atoms with van der Waals surface area (Å²) in [4.78, 5) is 0. The Hall–Kier alpha value is -0.300. The number of rotatable bonds is 2. The van der Waals surface area contributed by atoms with E-state index in [1.807, 2.05) is 7.11 Å². The summed E-state index contributed by atoms with van der Waals surface area (Å²) >= 11 is 0. The van der Waals surface area contributed by atoms with E-state index in [2.05, 4.69) is 6.08 Å². The predicted octanol–water partition coefficient (Wildman–Crippen LogP) is 3.69. The van der Waals surface area contributed by atoms with Crippen molar-refractivity contribution in [1.29, 1.82) is 0 Å². The lowest BCUT2D eigenvalue weighted by Gasteiger charge is -2.38. The maximum atomic E-state index is 5.25. The summed E-state index contributed by atoms with van der Waals surface area (Å²) in [6, 6.07) is 0. The van der Waals surface area contributed by atoms with E-state index in [1.54, 1.807) is 5.57 Å². The van der Waals surface area contributed by atoms with Gasteiger partial charge in [0.25, 0.3) is 0 Å². The lowest BCUT2D eigenvalue weighted by atomic mass is 9.67. The van der Waals surface area contributed by atoms with E-state index in [0.717, 1.165) is 6.61 Å². The normalized spacial score (nSPS) is 26.2. The Bertz CT molecular complexity index is 211. The molecule has 0 aliphatic heterocycles. The van der Waals surface area contributed by atoms with Crippen molar-refractivity contribution in [3.8, 4) is 0 Å². The maximum absolute atomic E-state index is 5.25. The first-order chi connectivity index (χ1) is 6.85. The zero-order valence-electron chi connectivity index (χ0n) is 9.35. The van der Waals surface area contributed by atoms with Crippen LogP contribution in [0.1, 0.15) is 51.4 Å². The first kappa shape index (κ1) is 10.2. The van der Waals surface area contributed by atoms with Crippen LogP contribution in [0.25, 0.3) is 0 Å². The largest absolute Gasteiger partial charge is 0.380 e. The van der Waals surface area contributed by atoms with E-state index in [1.165, 1.54) is 51.4 Å². The molecule has 0 bridgehead atoms. The average Bonchev–Trinajstić information content (AvgIpc) is 2.19. The molecule has 0 radical (unpaired) electrons. The minimum atomic E-state index is 0.588. The van der Waals surface area contributed by atoms with Gasteiger partial charge in [-0.3, -0.25) is 0 Å². The Kier molecular flexibility index (Phi) is 3.27. The van der Waals surface area contributed by atoms with Crippen LogP contribution in [0.2, 0.25) is 0 Å². The number of allylic oxidation sites excluding steroid dienone is 1. The summed E-state index contributed by atoms with van der Waals surface area (Å²) in [5.74, 6) is 0. The highest BCUT2D eigenvalue weighted by Gasteiger charge is 2.31. The van der Waals surface area contributed by atoms with Gasteiger partial charge in [-0.15, -0.1) is 0 Å². The van der Waals surface area contributed by atoms with Crippen molar-refractivity contribution in [1.82, 2.24) is 0 Å². The molecule has 0 N–H and O–H groups in total. The minimum absolute atomic E-state index is 0.588. The fourth-order valence-corrected chi connectivity index (χ4v) is 3.19. The first-order valence-electron chi connectivity index (χ1n) is 6.04. The van der Waals surface area contributed by atoms with Gasteiger partial charge in [-0.25, -0.2) is 0 Å². The van der Waals surface area contributed by atoms with E-state index < -0.39 is 0 Å². The molecule has 0 amide bonds. The molecule has 2 aliphatic carbocycles. The van der Waals surface area contributed by atoms with Crippen LogP contribution in [0.3, 0.4) is 0 Å². The summed E-state index contributed by atoms with van der Waals surface area (Å²) in [5, 5.41) is 0. The van der Waals surface area contributed by atoms with Gasteiger partial charge in [0.15, 0.2) is 0 Å². The van der Waals surface area contributed by atoms with Crippen LogP contribution >= 0.6 is 0 Å². The van der Waals surface area contributed by atoms with Crippen molar-refractivity contribution >= 4 is 0 Å². The van der Waals surface area contributed by atoms with Crippen molar-refractivity contribution in [2.24, 2.45) is 5.41 Å². The van der Waals surface area contributed by atoms with E-state index in [9.17, 15) is 0 Å². The fraction of sp³-hybridized carbons (Fsp3) is 0.846. The lowest BCUT2D eigenvalue weighted by Crippen LogP contribution is -2.25. The van der Waals surface area contributed by atoms with Crippen molar-refractivity contribution in [2.75, 3.05) is 13.7 Å². The quantitative estimate of drug-likeness (QED) is 0.609. The molecule has 1 heteroatoms. The molecule has 0 heterocycles. The number of ether oxygens (including phenoxy) is 1. The Morgan fingerprint density at radius 1 is 1.14 bits per heavy atom. The Balaban J connectivity index is 2.06. The third-order valence-corrected chi connectivity index (χ3v) is 3.86. The minimum Gasteiger partial charge on any atom is -0.380 e. The molecule has 1 spiro atoms. The lowest BCUT2D eigenvalue weighted by molar-refractivity contribution is 0.194. The van der Waals surface area contributed by atoms with Gasteiger partial charge in [-0.2, -0.15) is 0 Å². The van der Waals surface area contributed by atoms with Gasteiger partial charge in [0.05, 0.1) is 6.61 Å². The second-order valence-corrected chi connectivity index (χ2v) is 5.01. The summed E-state index contributed by atoms with van der Waals surface area (Å²) < 4.78 is 5.25. The molecule has 14 heavy (non-hydrogen) atoms. The predicted molar refractivity (Wildman–Crippen MR) is 59.3 cm³/mol. The molecule has 1 fully saturated rings. The molecule has 0 unspecified atom stereocenters. The molecule has 0 saturated heterocycles. The van der Waals surface area contributed by atoms with Crippen molar-refractivity contribution in [2.45, 2.75) is 51.4 Å². The van der Waals surface area contributed by atoms with Crippen LogP contribution in [0.4, 0.5) is 0 Å². The number of methoxy groups -OCH3 is 1. The van der Waals surface area contributed by atoms with Crippen molar-refractivity contribution in [3.63, 3.8) is 0 Å². The van der Waals surface area contributed by atoms with Gasteiger partial charge >= 0.3 is 0 Å². The summed E-state index contributed by atoms with van der Waals surface area (Å²) in [5.41, 5.74) is 2.14. The standard InChI is InChI=1S/C13H22O/c1-14-11-12-6-5-9-13(10-12)7-3-2-4-8-13/h10H,2-9,11H2,1H3. The number of hydrogen-bond donors (Lipinski definition) is 0. The Morgan fingerprint density at radius 2 is 1.86 bits per heavy atom. The van der Waals surface area contributed by atoms with Gasteiger partial charge in [0, 0.05) is 7.11 Å². The maximum Gasteiger partial charge on any atom is 0.0673 e. The van der Waals surface area contributed by atoms with Crippen LogP contribution in [0.5, 0.6) is 0 Å². The van der Waals surface area contributed by atoms with Crippen molar-refractivity contribution < 1.29 is 4.74 Å². The van der Waals surface area contributed by atoms with Gasteiger partial charge in [-0.05, 0) is 43.1 Å². The second-order valence-electron chi connectivity index (χ2n) is 5.01. The van der Waals surface area contributed by atoms with Gasteiger partial charge in [0.1, 0.15) is 0 Å². The molecule has 2 rings (SSSR count). The van der Waals surface area contributed by atoms with Crippen LogP contribution in [0.15, 0.2) is 11.6 Å². The van der Waals surface area contributed by atoms with Gasteiger partial charge < -0.3 is 4.74 Å². The Labute approximate surface area is 87.5 Å². The fourth-order valence-electron chi connectivity index (χ4n) is 3.19. The molecule has 0 aromatic heterocycles. The van der Waals surface area contributed by atoms with E-state index in [4.69, 9.17) is 4.74 Å². The zero-order chi connectivity index (χ0) is 9.86. The first-order valence-corrected chi connectivity index (χ1v) is 6.04. The van der Waals surface area contributed by atoms with E-state index >= 15 is 0 Å². The highest BCUT2D eigenvalue weighted by atomic mass is 16.5. The highest BCUT2D eigenvalue weighted by molar-refractivity contribution is 5.14. The molecule has 1 saturated carbocycles. The molecule has 0 atom stereocenters. The zero-order valence-corrected chi connectivity index (χ0v) is 9.35.